The van der Waals surface area contributed by atoms with Crippen molar-refractivity contribution in [2.24, 2.45) is 0 Å². The molecule has 2 heterocycles. The van der Waals surface area contributed by atoms with E-state index >= 15 is 0 Å². The molecular weight excluding hydrogens is 364 g/mol. The number of carbonyl (C=O) groups excluding carboxylic acids is 1. The minimum absolute atomic E-state index is 0.0241. The molecule has 1 amide bonds. The van der Waals surface area contributed by atoms with Gasteiger partial charge in [-0.2, -0.15) is 0 Å². The number of carbonyl (C=O) groups is 1. The second-order valence-corrected chi connectivity index (χ2v) is 7.92. The summed E-state index contributed by atoms with van der Waals surface area (Å²) in [4.78, 5) is 17.5. The molecule has 5 heteroatoms. The number of fused-ring (bicyclic) bond motifs is 1. The first-order chi connectivity index (χ1) is 14.0. The summed E-state index contributed by atoms with van der Waals surface area (Å²) >= 11 is 0. The predicted octanol–water partition coefficient (Wildman–Crippen LogP) is 4.49. The van der Waals surface area contributed by atoms with Crippen LogP contribution in [0.4, 0.5) is 0 Å². The number of hydrogen-bond donors (Lipinski definition) is 0. The van der Waals surface area contributed by atoms with E-state index in [-0.39, 0.29) is 11.9 Å². The van der Waals surface area contributed by atoms with Crippen molar-refractivity contribution in [1.29, 1.82) is 0 Å². The zero-order valence-electron chi connectivity index (χ0n) is 17.4. The van der Waals surface area contributed by atoms with Gasteiger partial charge >= 0.3 is 0 Å². The molecule has 0 atom stereocenters. The molecule has 1 aromatic heterocycles. The first-order valence-corrected chi connectivity index (χ1v) is 10.2. The Kier molecular flexibility index (Phi) is 5.58. The van der Waals surface area contributed by atoms with Crippen LogP contribution in [0.3, 0.4) is 0 Å². The Bertz CT molecular complexity index is 988. The molecule has 3 aromatic rings. The van der Waals surface area contributed by atoms with Crippen molar-refractivity contribution < 1.29 is 13.9 Å². The number of hydrogen-bond acceptors (Lipinski definition) is 4. The number of aryl methyl sites for hydroxylation is 1. The van der Waals surface area contributed by atoms with Gasteiger partial charge in [0.15, 0.2) is 0 Å². The lowest BCUT2D eigenvalue weighted by molar-refractivity contribution is 0.0659. The van der Waals surface area contributed by atoms with Crippen molar-refractivity contribution in [3.8, 4) is 5.75 Å². The van der Waals surface area contributed by atoms with Crippen molar-refractivity contribution in [3.05, 3.63) is 65.4 Å². The Morgan fingerprint density at radius 2 is 1.90 bits per heavy atom. The quantitative estimate of drug-likeness (QED) is 0.642. The molecule has 1 saturated heterocycles. The lowest BCUT2D eigenvalue weighted by Gasteiger charge is -2.35. The van der Waals surface area contributed by atoms with Crippen LogP contribution >= 0.6 is 0 Å². The first kappa shape index (κ1) is 19.5. The summed E-state index contributed by atoms with van der Waals surface area (Å²) in [7, 11) is 4.04. The van der Waals surface area contributed by atoms with Crippen molar-refractivity contribution in [2.75, 3.05) is 27.2 Å². The second-order valence-electron chi connectivity index (χ2n) is 7.92. The molecule has 0 saturated carbocycles. The third-order valence-electron chi connectivity index (χ3n) is 5.85. The van der Waals surface area contributed by atoms with Gasteiger partial charge in [-0.25, -0.2) is 0 Å². The Hall–Kier alpha value is -2.79. The molecule has 1 aliphatic heterocycles. The number of benzene rings is 2. The maximum absolute atomic E-state index is 13.3. The standard InChI is InChI=1S/C24H28N2O3/c1-17-23(24(27)26(3)19-11-13-25(2)14-12-19)21-15-20(9-10-22(21)29-17)28-16-18-7-5-4-6-8-18/h4-10,15,19H,11-14,16H2,1-3H3. The molecule has 0 N–H and O–H groups in total. The van der Waals surface area contributed by atoms with Crippen molar-refractivity contribution in [2.45, 2.75) is 32.4 Å². The summed E-state index contributed by atoms with van der Waals surface area (Å²) in [5, 5.41) is 0.817. The fourth-order valence-electron chi connectivity index (χ4n) is 4.02. The van der Waals surface area contributed by atoms with Gasteiger partial charge in [-0.3, -0.25) is 4.79 Å². The van der Waals surface area contributed by atoms with Gasteiger partial charge in [-0.15, -0.1) is 0 Å². The number of nitrogens with zero attached hydrogens (tertiary/aromatic N) is 2. The van der Waals surface area contributed by atoms with Crippen molar-refractivity contribution in [1.82, 2.24) is 9.80 Å². The van der Waals surface area contributed by atoms with Gasteiger partial charge in [-0.1, -0.05) is 30.3 Å². The van der Waals surface area contributed by atoms with E-state index in [0.29, 0.717) is 17.9 Å². The number of amides is 1. The summed E-state index contributed by atoms with van der Waals surface area (Å²) in [6.45, 7) is 4.39. The highest BCUT2D eigenvalue weighted by Gasteiger charge is 2.28. The molecule has 1 aliphatic rings. The van der Waals surface area contributed by atoms with E-state index in [4.69, 9.17) is 9.15 Å². The van der Waals surface area contributed by atoms with E-state index in [2.05, 4.69) is 11.9 Å². The summed E-state index contributed by atoms with van der Waals surface area (Å²) in [6.07, 6.45) is 2.00. The fraction of sp³-hybridized carbons (Fsp3) is 0.375. The minimum Gasteiger partial charge on any atom is -0.489 e. The SMILES string of the molecule is Cc1oc2ccc(OCc3ccccc3)cc2c1C(=O)N(C)C1CCN(C)CC1. The Labute approximate surface area is 171 Å². The lowest BCUT2D eigenvalue weighted by Crippen LogP contribution is -2.44. The van der Waals surface area contributed by atoms with Crippen LogP contribution in [0.15, 0.2) is 52.9 Å². The Morgan fingerprint density at radius 1 is 1.17 bits per heavy atom. The second kappa shape index (κ2) is 8.29. The zero-order chi connectivity index (χ0) is 20.4. The van der Waals surface area contributed by atoms with Gasteiger partial charge < -0.3 is 19.0 Å². The average molecular weight is 392 g/mol. The molecule has 2 aromatic carbocycles. The van der Waals surface area contributed by atoms with Crippen LogP contribution < -0.4 is 4.74 Å². The maximum Gasteiger partial charge on any atom is 0.258 e. The van der Waals surface area contributed by atoms with Gasteiger partial charge in [0, 0.05) is 18.5 Å². The molecule has 0 spiro atoms. The average Bonchev–Trinajstić information content (AvgIpc) is 3.07. The van der Waals surface area contributed by atoms with Crippen LogP contribution in [-0.4, -0.2) is 48.9 Å². The smallest absolute Gasteiger partial charge is 0.258 e. The van der Waals surface area contributed by atoms with Gasteiger partial charge in [0.2, 0.25) is 0 Å². The molecule has 152 valence electrons. The minimum atomic E-state index is 0.0241. The van der Waals surface area contributed by atoms with Crippen LogP contribution in [0.25, 0.3) is 11.0 Å². The normalized spacial score (nSPS) is 15.6. The highest BCUT2D eigenvalue weighted by molar-refractivity contribution is 6.07. The van der Waals surface area contributed by atoms with Crippen molar-refractivity contribution >= 4 is 16.9 Å². The molecule has 29 heavy (non-hydrogen) atoms. The number of rotatable bonds is 5. The Morgan fingerprint density at radius 3 is 2.62 bits per heavy atom. The van der Waals surface area contributed by atoms with Gasteiger partial charge in [0.05, 0.1) is 5.56 Å². The zero-order valence-corrected chi connectivity index (χ0v) is 17.4. The molecule has 1 fully saturated rings. The molecule has 0 bridgehead atoms. The van der Waals surface area contributed by atoms with E-state index in [9.17, 15) is 4.79 Å². The van der Waals surface area contributed by atoms with E-state index in [1.54, 1.807) is 0 Å². The van der Waals surface area contributed by atoms with Crippen LogP contribution in [0.5, 0.6) is 5.75 Å². The number of likely N-dealkylation sites (tertiary alicyclic amines) is 1. The summed E-state index contributed by atoms with van der Waals surface area (Å²) in [5.41, 5.74) is 2.47. The van der Waals surface area contributed by atoms with E-state index in [1.165, 1.54) is 0 Å². The molecule has 0 aliphatic carbocycles. The third-order valence-corrected chi connectivity index (χ3v) is 5.85. The van der Waals surface area contributed by atoms with Crippen LogP contribution in [0.1, 0.15) is 34.5 Å². The predicted molar refractivity (Wildman–Crippen MR) is 114 cm³/mol. The maximum atomic E-state index is 13.3. The monoisotopic (exact) mass is 392 g/mol. The summed E-state index contributed by atoms with van der Waals surface area (Å²) < 4.78 is 11.8. The number of furan rings is 1. The van der Waals surface area contributed by atoms with E-state index in [0.717, 1.165) is 48.2 Å². The topological polar surface area (TPSA) is 45.9 Å². The van der Waals surface area contributed by atoms with Crippen LogP contribution in [-0.2, 0) is 6.61 Å². The van der Waals surface area contributed by atoms with Gasteiger partial charge in [0.25, 0.3) is 5.91 Å². The van der Waals surface area contributed by atoms with Crippen molar-refractivity contribution in [3.63, 3.8) is 0 Å². The molecule has 5 nitrogen and oxygen atoms in total. The number of ether oxygens (including phenoxy) is 1. The largest absolute Gasteiger partial charge is 0.489 e. The van der Waals surface area contributed by atoms with Gasteiger partial charge in [0.1, 0.15) is 23.7 Å². The summed E-state index contributed by atoms with van der Waals surface area (Å²) in [5.74, 6) is 1.42. The van der Waals surface area contributed by atoms with E-state index in [1.807, 2.05) is 67.4 Å². The Balaban J connectivity index is 1.56. The number of piperidine rings is 1. The molecule has 4 rings (SSSR count). The lowest BCUT2D eigenvalue weighted by atomic mass is 10.0. The molecular formula is C24H28N2O3. The summed E-state index contributed by atoms with van der Waals surface area (Å²) in [6, 6.07) is 16.0. The van der Waals surface area contributed by atoms with Crippen LogP contribution in [0, 0.1) is 6.92 Å². The van der Waals surface area contributed by atoms with Gasteiger partial charge in [-0.05, 0) is 63.7 Å². The third kappa shape index (κ3) is 4.15. The molecule has 0 unspecified atom stereocenters. The highest BCUT2D eigenvalue weighted by Crippen LogP contribution is 2.31. The first-order valence-electron chi connectivity index (χ1n) is 10.2. The van der Waals surface area contributed by atoms with Crippen LogP contribution in [0.2, 0.25) is 0 Å². The van der Waals surface area contributed by atoms with E-state index < -0.39 is 0 Å². The highest BCUT2D eigenvalue weighted by atomic mass is 16.5. The fourth-order valence-corrected chi connectivity index (χ4v) is 4.02. The molecule has 0 radical (unpaired) electrons.